The number of nitrogens with one attached hydrogen (secondary N) is 1. The number of methoxy groups -OCH3 is 1. The second-order valence-corrected chi connectivity index (χ2v) is 16.7. The monoisotopic (exact) mass is 718 g/mol. The lowest BCUT2D eigenvalue weighted by Gasteiger charge is -2.48. The van der Waals surface area contributed by atoms with Crippen molar-refractivity contribution in [2.75, 3.05) is 27.7 Å². The summed E-state index contributed by atoms with van der Waals surface area (Å²) in [7, 11) is 5.32. The average Bonchev–Trinajstić information content (AvgIpc) is 3.02. The van der Waals surface area contributed by atoms with Crippen LogP contribution in [0.3, 0.4) is 0 Å². The van der Waals surface area contributed by atoms with E-state index in [2.05, 4.69) is 5.32 Å². The van der Waals surface area contributed by atoms with Crippen LogP contribution in [-0.4, -0.2) is 143 Å². The van der Waals surface area contributed by atoms with Gasteiger partial charge < -0.3 is 59.1 Å². The predicted octanol–water partition coefficient (Wildman–Crippen LogP) is 2.59. The van der Waals surface area contributed by atoms with Gasteiger partial charge in [0.15, 0.2) is 12.6 Å². The van der Waals surface area contributed by atoms with Crippen molar-refractivity contribution in [2.45, 2.75) is 186 Å². The molecule has 0 saturated carbocycles. The number of cyclic esters (lactones) is 1. The number of hydrogen-bond acceptors (Lipinski definition) is 13. The maximum atomic E-state index is 14.1. The summed E-state index contributed by atoms with van der Waals surface area (Å²) >= 11 is 0. The third-order valence-corrected chi connectivity index (χ3v) is 11.4. The van der Waals surface area contributed by atoms with Gasteiger partial charge in [-0.05, 0) is 101 Å². The molecule has 17 atom stereocenters. The zero-order valence-electron chi connectivity index (χ0n) is 32.9. The smallest absolute Gasteiger partial charge is 0.311 e. The number of carbonyl (C=O) groups is 1. The van der Waals surface area contributed by atoms with Crippen molar-refractivity contribution in [3.05, 3.63) is 0 Å². The van der Waals surface area contributed by atoms with Crippen LogP contribution >= 0.6 is 0 Å². The molecule has 0 aliphatic carbocycles. The number of carbonyl (C=O) groups excluding carboxylic acids is 1. The molecule has 13 nitrogen and oxygen atoms in total. The molecule has 0 aromatic carbocycles. The van der Waals surface area contributed by atoms with Crippen LogP contribution in [0.2, 0.25) is 0 Å². The highest BCUT2D eigenvalue weighted by atomic mass is 16.7. The zero-order chi connectivity index (χ0) is 37.9. The molecular weight excluding hydrogens is 648 g/mol. The molecule has 50 heavy (non-hydrogen) atoms. The van der Waals surface area contributed by atoms with Crippen molar-refractivity contribution in [3.8, 4) is 0 Å². The number of hydrogen-bond donors (Lipinski definition) is 5. The van der Waals surface area contributed by atoms with Crippen molar-refractivity contribution in [2.24, 2.45) is 17.8 Å². The Morgan fingerprint density at radius 1 is 0.940 bits per heavy atom. The average molecular weight is 719 g/mol. The summed E-state index contributed by atoms with van der Waals surface area (Å²) in [5, 5.41) is 49.9. The van der Waals surface area contributed by atoms with Gasteiger partial charge >= 0.3 is 5.97 Å². The number of aliphatic hydroxyl groups excluding tert-OH is 2. The standard InChI is InChI=1S/C37H70N2O11/c1-14-27-35(8,43)16-20(2)19-38-21(3)17-36(9,44)32(50-34-29(40)26(39(11)12)15-22(4)46-34)23(5)30(24(6)33(42)48-27)49-28-18-37(10,45-13)31(41)25(7)47-28/h20-32,34,38,40-41,43-44H,14-19H2,1-13H3/t20-,21+,22-,23+,24-,25+,26+,27-,28+,29-,30+,31+,32-,34+,35+,36+,37-/m1/s1. The third-order valence-electron chi connectivity index (χ3n) is 11.4. The quantitative estimate of drug-likeness (QED) is 0.244. The van der Waals surface area contributed by atoms with Crippen LogP contribution in [0.4, 0.5) is 0 Å². The van der Waals surface area contributed by atoms with Gasteiger partial charge in [-0.15, -0.1) is 0 Å². The Hall–Kier alpha value is -0.970. The fourth-order valence-corrected chi connectivity index (χ4v) is 8.43. The van der Waals surface area contributed by atoms with Gasteiger partial charge in [0, 0.05) is 31.5 Å². The molecule has 0 unspecified atom stereocenters. The lowest BCUT2D eigenvalue weighted by Crippen LogP contribution is -2.60. The minimum atomic E-state index is -1.51. The number of likely N-dealkylation sites (N-methyl/N-ethyl adjacent to an activating group) is 1. The number of esters is 1. The van der Waals surface area contributed by atoms with Crippen LogP contribution in [0.25, 0.3) is 0 Å². The summed E-state index contributed by atoms with van der Waals surface area (Å²) < 4.78 is 37.6. The van der Waals surface area contributed by atoms with Crippen molar-refractivity contribution in [1.82, 2.24) is 10.2 Å². The molecule has 294 valence electrons. The van der Waals surface area contributed by atoms with Gasteiger partial charge in [-0.2, -0.15) is 0 Å². The fraction of sp³-hybridized carbons (Fsp3) is 0.973. The van der Waals surface area contributed by atoms with Crippen LogP contribution in [0.5, 0.6) is 0 Å². The zero-order valence-corrected chi connectivity index (χ0v) is 32.9. The Bertz CT molecular complexity index is 1080. The largest absolute Gasteiger partial charge is 0.459 e. The molecule has 5 N–H and O–H groups in total. The van der Waals surface area contributed by atoms with E-state index in [1.54, 1.807) is 34.6 Å². The Balaban J connectivity index is 2.13. The molecule has 3 aliphatic rings. The molecule has 3 aliphatic heterocycles. The van der Waals surface area contributed by atoms with Gasteiger partial charge in [-0.1, -0.05) is 20.8 Å². The number of ether oxygens (including phenoxy) is 6. The Labute approximate surface area is 300 Å². The SMILES string of the molecule is CC[C@H]1OC(=O)[C@H](C)[C@@H](O[C@H]2C[C@@](C)(OC)[C@@H](O)[C@H](C)O2)[C@H](C)[C@@H](O[C@@H]2O[C@H](C)C[C@H](N(C)C)[C@H]2O)[C@@](C)(O)C[C@H](C)NC[C@H](C)C[C@]1(C)O. The van der Waals surface area contributed by atoms with E-state index in [4.69, 9.17) is 28.4 Å². The van der Waals surface area contributed by atoms with Crippen LogP contribution in [0, 0.1) is 17.8 Å². The summed E-state index contributed by atoms with van der Waals surface area (Å²) in [6.07, 6.45) is -5.69. The highest BCUT2D eigenvalue weighted by Crippen LogP contribution is 2.39. The van der Waals surface area contributed by atoms with Crippen LogP contribution < -0.4 is 5.32 Å². The van der Waals surface area contributed by atoms with E-state index in [9.17, 15) is 25.2 Å². The van der Waals surface area contributed by atoms with E-state index >= 15 is 0 Å². The Kier molecular flexibility index (Phi) is 15.2. The minimum Gasteiger partial charge on any atom is -0.459 e. The predicted molar refractivity (Wildman–Crippen MR) is 188 cm³/mol. The lowest BCUT2D eigenvalue weighted by atomic mass is 9.78. The first-order valence-electron chi connectivity index (χ1n) is 18.6. The molecule has 0 aromatic heterocycles. The number of rotatable bonds is 7. The minimum absolute atomic E-state index is 0.0286. The van der Waals surface area contributed by atoms with Gasteiger partial charge in [-0.3, -0.25) is 4.79 Å². The number of aliphatic hydroxyl groups is 4. The molecular formula is C37H70N2O11. The molecule has 0 amide bonds. The molecule has 0 bridgehead atoms. The van der Waals surface area contributed by atoms with E-state index < -0.39 is 83.8 Å². The van der Waals surface area contributed by atoms with Crippen molar-refractivity contribution in [3.63, 3.8) is 0 Å². The maximum absolute atomic E-state index is 14.1. The Morgan fingerprint density at radius 2 is 1.58 bits per heavy atom. The van der Waals surface area contributed by atoms with E-state index in [1.807, 2.05) is 53.6 Å². The Morgan fingerprint density at radius 3 is 2.16 bits per heavy atom. The summed E-state index contributed by atoms with van der Waals surface area (Å²) in [5.41, 5.74) is -3.79. The van der Waals surface area contributed by atoms with Gasteiger partial charge in [0.25, 0.3) is 0 Å². The molecule has 13 heteroatoms. The van der Waals surface area contributed by atoms with E-state index in [-0.39, 0.29) is 36.9 Å². The van der Waals surface area contributed by atoms with Crippen LogP contribution in [0.1, 0.15) is 101 Å². The third kappa shape index (κ3) is 10.4. The molecule has 0 radical (unpaired) electrons. The fourth-order valence-electron chi connectivity index (χ4n) is 8.43. The van der Waals surface area contributed by atoms with Crippen molar-refractivity contribution < 1.29 is 53.6 Å². The number of nitrogens with zero attached hydrogens (tertiary/aromatic N) is 1. The van der Waals surface area contributed by atoms with Gasteiger partial charge in [0.2, 0.25) is 0 Å². The molecule has 3 heterocycles. The van der Waals surface area contributed by atoms with Crippen molar-refractivity contribution >= 4 is 5.97 Å². The molecule has 3 fully saturated rings. The first-order chi connectivity index (χ1) is 23.1. The molecule has 0 aromatic rings. The first kappa shape index (κ1) is 43.4. The maximum Gasteiger partial charge on any atom is 0.311 e. The second kappa shape index (κ2) is 17.4. The topological polar surface area (TPSA) is 169 Å². The van der Waals surface area contributed by atoms with Gasteiger partial charge in [-0.25, -0.2) is 0 Å². The van der Waals surface area contributed by atoms with Gasteiger partial charge in [0.1, 0.15) is 18.3 Å². The second-order valence-electron chi connectivity index (χ2n) is 16.7. The highest BCUT2D eigenvalue weighted by molar-refractivity contribution is 5.73. The van der Waals surface area contributed by atoms with E-state index in [0.29, 0.717) is 25.8 Å². The molecule has 3 rings (SSSR count). The van der Waals surface area contributed by atoms with E-state index in [1.165, 1.54) is 7.11 Å². The van der Waals surface area contributed by atoms with Crippen molar-refractivity contribution in [1.29, 1.82) is 0 Å². The first-order valence-corrected chi connectivity index (χ1v) is 18.6. The van der Waals surface area contributed by atoms with E-state index in [0.717, 1.165) is 0 Å². The normalized spacial score (nSPS) is 49.2. The lowest BCUT2D eigenvalue weighted by molar-refractivity contribution is -0.317. The molecule has 3 saturated heterocycles. The highest BCUT2D eigenvalue weighted by Gasteiger charge is 2.51. The summed E-state index contributed by atoms with van der Waals surface area (Å²) in [6.45, 7) is 18.9. The summed E-state index contributed by atoms with van der Waals surface area (Å²) in [4.78, 5) is 16.0. The summed E-state index contributed by atoms with van der Waals surface area (Å²) in [6, 6.07) is -0.419. The summed E-state index contributed by atoms with van der Waals surface area (Å²) in [5.74, 6) is -2.16. The van der Waals surface area contributed by atoms with Crippen LogP contribution in [-0.2, 0) is 33.2 Å². The van der Waals surface area contributed by atoms with Gasteiger partial charge in [0.05, 0.1) is 47.1 Å². The van der Waals surface area contributed by atoms with Crippen LogP contribution in [0.15, 0.2) is 0 Å². The molecule has 0 spiro atoms.